The number of alkyl halides is 3. The highest BCUT2D eigenvalue weighted by Gasteiger charge is 2.30. The molecule has 0 aliphatic carbocycles. The summed E-state index contributed by atoms with van der Waals surface area (Å²) in [5.74, 6) is -0.687. The lowest BCUT2D eigenvalue weighted by Gasteiger charge is -2.10. The van der Waals surface area contributed by atoms with Crippen molar-refractivity contribution in [1.29, 1.82) is 0 Å². The fraction of sp³-hybridized carbons (Fsp3) is 0.176. The Morgan fingerprint density at radius 2 is 1.92 bits per heavy atom. The number of nitrogens with zero attached hydrogens (tertiary/aromatic N) is 2. The molecule has 0 spiro atoms. The molecule has 0 fully saturated rings. The Bertz CT molecular complexity index is 952. The highest BCUT2D eigenvalue weighted by molar-refractivity contribution is 6.30. The van der Waals surface area contributed by atoms with Gasteiger partial charge in [0.15, 0.2) is 0 Å². The van der Waals surface area contributed by atoms with Crippen molar-refractivity contribution < 1.29 is 22.7 Å². The minimum absolute atomic E-state index is 0.137. The van der Waals surface area contributed by atoms with Crippen molar-refractivity contribution in [2.75, 3.05) is 0 Å². The highest BCUT2D eigenvalue weighted by atomic mass is 35.5. The lowest BCUT2D eigenvalue weighted by molar-refractivity contribution is -0.274. The fourth-order valence-electron chi connectivity index (χ4n) is 2.49. The summed E-state index contributed by atoms with van der Waals surface area (Å²) in [5, 5.41) is 3.18. The van der Waals surface area contributed by atoms with Crippen molar-refractivity contribution in [2.45, 2.75) is 19.8 Å². The number of amides is 1. The molecule has 5 nitrogen and oxygen atoms in total. The molecule has 0 saturated carbocycles. The van der Waals surface area contributed by atoms with Crippen LogP contribution < -0.4 is 10.1 Å². The fourth-order valence-corrected chi connectivity index (χ4v) is 2.65. The first-order valence-electron chi connectivity index (χ1n) is 7.50. The summed E-state index contributed by atoms with van der Waals surface area (Å²) in [7, 11) is 0. The molecule has 0 saturated heterocycles. The molecule has 2 heterocycles. The standard InChI is InChI=1S/C17H13ClF3N3O2/c1-10-15(24-9-12(18)4-7-14(24)23-10)16(25)22-8-11-2-5-13(6-3-11)26-17(19,20)21/h2-7,9H,8H2,1H3,(H,22,25). The number of pyridine rings is 1. The summed E-state index contributed by atoms with van der Waals surface area (Å²) < 4.78 is 41.8. The van der Waals surface area contributed by atoms with Gasteiger partial charge in [-0.2, -0.15) is 0 Å². The number of fused-ring (bicyclic) bond motifs is 1. The lowest BCUT2D eigenvalue weighted by Crippen LogP contribution is -2.25. The van der Waals surface area contributed by atoms with E-state index in [2.05, 4.69) is 15.0 Å². The van der Waals surface area contributed by atoms with Gasteiger partial charge in [-0.1, -0.05) is 23.7 Å². The molecule has 1 aromatic carbocycles. The molecule has 1 amide bonds. The number of ether oxygens (including phenoxy) is 1. The summed E-state index contributed by atoms with van der Waals surface area (Å²) in [5.41, 5.74) is 2.10. The van der Waals surface area contributed by atoms with E-state index in [0.29, 0.717) is 27.6 Å². The van der Waals surface area contributed by atoms with Crippen LogP contribution in [-0.4, -0.2) is 21.7 Å². The van der Waals surface area contributed by atoms with Gasteiger partial charge in [0.25, 0.3) is 5.91 Å². The van der Waals surface area contributed by atoms with Crippen molar-refractivity contribution >= 4 is 23.2 Å². The molecule has 3 rings (SSSR count). The Kier molecular flexibility index (Phi) is 4.78. The van der Waals surface area contributed by atoms with Crippen LogP contribution in [0.5, 0.6) is 5.75 Å². The second kappa shape index (κ2) is 6.87. The number of aromatic nitrogens is 2. The van der Waals surface area contributed by atoms with E-state index >= 15 is 0 Å². The number of halogens is 4. The van der Waals surface area contributed by atoms with Gasteiger partial charge in [-0.05, 0) is 36.8 Å². The topological polar surface area (TPSA) is 55.6 Å². The van der Waals surface area contributed by atoms with Gasteiger partial charge >= 0.3 is 6.36 Å². The van der Waals surface area contributed by atoms with E-state index in [4.69, 9.17) is 11.6 Å². The quantitative estimate of drug-likeness (QED) is 0.737. The van der Waals surface area contributed by atoms with Crippen LogP contribution >= 0.6 is 11.6 Å². The predicted octanol–water partition coefficient (Wildman–Crippen LogP) is 4.12. The summed E-state index contributed by atoms with van der Waals surface area (Å²) >= 11 is 5.97. The predicted molar refractivity (Wildman–Crippen MR) is 89.2 cm³/mol. The van der Waals surface area contributed by atoms with E-state index in [0.717, 1.165) is 0 Å². The summed E-state index contributed by atoms with van der Waals surface area (Å²) in [6.45, 7) is 1.84. The van der Waals surface area contributed by atoms with Crippen molar-refractivity contribution in [3.8, 4) is 5.75 Å². The number of hydrogen-bond acceptors (Lipinski definition) is 3. The SMILES string of the molecule is Cc1nc2ccc(Cl)cn2c1C(=O)NCc1ccc(OC(F)(F)F)cc1. The van der Waals surface area contributed by atoms with E-state index in [-0.39, 0.29) is 18.2 Å². The highest BCUT2D eigenvalue weighted by Crippen LogP contribution is 2.23. The largest absolute Gasteiger partial charge is 0.573 e. The van der Waals surface area contributed by atoms with Gasteiger partial charge in [0.05, 0.1) is 10.7 Å². The van der Waals surface area contributed by atoms with Crippen molar-refractivity contribution in [3.05, 3.63) is 64.6 Å². The zero-order valence-corrected chi connectivity index (χ0v) is 14.2. The first-order chi connectivity index (χ1) is 12.2. The smallest absolute Gasteiger partial charge is 0.406 e. The minimum atomic E-state index is -4.74. The number of aryl methyl sites for hydroxylation is 1. The first-order valence-corrected chi connectivity index (χ1v) is 7.88. The molecular formula is C17H13ClF3N3O2. The average Bonchev–Trinajstić information content (AvgIpc) is 2.87. The molecule has 1 N–H and O–H groups in total. The number of carbonyl (C=O) groups is 1. The van der Waals surface area contributed by atoms with Gasteiger partial charge in [-0.15, -0.1) is 13.2 Å². The molecule has 0 bridgehead atoms. The number of benzene rings is 1. The van der Waals surface area contributed by atoms with Gasteiger partial charge < -0.3 is 10.1 Å². The van der Waals surface area contributed by atoms with Crippen LogP contribution in [0.3, 0.4) is 0 Å². The monoisotopic (exact) mass is 383 g/mol. The molecule has 0 unspecified atom stereocenters. The van der Waals surface area contributed by atoms with Crippen LogP contribution in [0.2, 0.25) is 5.02 Å². The van der Waals surface area contributed by atoms with Crippen LogP contribution in [0, 0.1) is 6.92 Å². The van der Waals surface area contributed by atoms with Crippen molar-refractivity contribution in [1.82, 2.24) is 14.7 Å². The Labute approximate surface area is 151 Å². The number of imidazole rings is 1. The normalized spacial score (nSPS) is 11.6. The Hall–Kier alpha value is -2.74. The maximum absolute atomic E-state index is 12.5. The summed E-state index contributed by atoms with van der Waals surface area (Å²) in [6.07, 6.45) is -3.15. The van der Waals surface area contributed by atoms with Crippen LogP contribution in [0.4, 0.5) is 13.2 Å². The van der Waals surface area contributed by atoms with Gasteiger partial charge in [0.1, 0.15) is 17.1 Å². The molecule has 0 aliphatic heterocycles. The molecule has 2 aromatic heterocycles. The molecular weight excluding hydrogens is 371 g/mol. The van der Waals surface area contributed by atoms with Gasteiger partial charge in [-0.25, -0.2) is 4.98 Å². The second-order valence-corrected chi connectivity index (χ2v) is 5.93. The molecule has 136 valence electrons. The molecule has 0 atom stereocenters. The molecule has 26 heavy (non-hydrogen) atoms. The first kappa shape index (κ1) is 18.1. The van der Waals surface area contributed by atoms with E-state index in [1.165, 1.54) is 24.3 Å². The van der Waals surface area contributed by atoms with Crippen LogP contribution in [0.25, 0.3) is 5.65 Å². The van der Waals surface area contributed by atoms with Crippen LogP contribution in [-0.2, 0) is 6.54 Å². The van der Waals surface area contributed by atoms with E-state index < -0.39 is 6.36 Å². The van der Waals surface area contributed by atoms with E-state index in [1.54, 1.807) is 29.7 Å². The number of rotatable bonds is 4. The Balaban J connectivity index is 1.71. The maximum atomic E-state index is 12.5. The Morgan fingerprint density at radius 1 is 1.23 bits per heavy atom. The van der Waals surface area contributed by atoms with Gasteiger partial charge in [-0.3, -0.25) is 9.20 Å². The van der Waals surface area contributed by atoms with Crippen LogP contribution in [0.1, 0.15) is 21.7 Å². The third-order valence-corrected chi connectivity index (χ3v) is 3.81. The Morgan fingerprint density at radius 3 is 2.58 bits per heavy atom. The van der Waals surface area contributed by atoms with Crippen LogP contribution in [0.15, 0.2) is 42.6 Å². The third kappa shape index (κ3) is 4.08. The van der Waals surface area contributed by atoms with E-state index in [1.807, 2.05) is 0 Å². The van der Waals surface area contributed by atoms with Crippen molar-refractivity contribution in [3.63, 3.8) is 0 Å². The number of carbonyl (C=O) groups excluding carboxylic acids is 1. The third-order valence-electron chi connectivity index (χ3n) is 3.58. The molecule has 9 heteroatoms. The summed E-state index contributed by atoms with van der Waals surface area (Å²) in [6, 6.07) is 8.64. The summed E-state index contributed by atoms with van der Waals surface area (Å²) in [4.78, 5) is 16.8. The van der Waals surface area contributed by atoms with Gasteiger partial charge in [0, 0.05) is 12.7 Å². The zero-order valence-electron chi connectivity index (χ0n) is 13.5. The maximum Gasteiger partial charge on any atom is 0.573 e. The van der Waals surface area contributed by atoms with E-state index in [9.17, 15) is 18.0 Å². The lowest BCUT2D eigenvalue weighted by atomic mass is 10.2. The number of nitrogens with one attached hydrogen (secondary N) is 1. The minimum Gasteiger partial charge on any atom is -0.406 e. The van der Waals surface area contributed by atoms with Crippen molar-refractivity contribution in [2.24, 2.45) is 0 Å². The molecule has 3 aromatic rings. The number of hydrogen-bond donors (Lipinski definition) is 1. The average molecular weight is 384 g/mol. The second-order valence-electron chi connectivity index (χ2n) is 5.50. The molecule has 0 radical (unpaired) electrons. The van der Waals surface area contributed by atoms with Gasteiger partial charge in [0.2, 0.25) is 0 Å². The zero-order chi connectivity index (χ0) is 18.9. The molecule has 0 aliphatic rings.